The van der Waals surface area contributed by atoms with Crippen LogP contribution in [0.4, 0.5) is 5.95 Å². The molecule has 7 nitrogen and oxygen atoms in total. The number of aromatic nitrogens is 4. The molecule has 0 saturated heterocycles. The third-order valence-corrected chi connectivity index (χ3v) is 2.06. The van der Waals surface area contributed by atoms with Crippen molar-refractivity contribution < 1.29 is 4.74 Å². The first-order chi connectivity index (χ1) is 7.81. The van der Waals surface area contributed by atoms with Crippen LogP contribution in [-0.4, -0.2) is 39.9 Å². The SMILES string of the molecule is CCOCCNc1nc2[nH]ncc2c(=O)[nH]1. The van der Waals surface area contributed by atoms with Crippen molar-refractivity contribution in [3.8, 4) is 0 Å². The smallest absolute Gasteiger partial charge is 0.263 e. The maximum absolute atomic E-state index is 11.5. The molecule has 0 aromatic carbocycles. The van der Waals surface area contributed by atoms with Gasteiger partial charge in [-0.3, -0.25) is 14.9 Å². The van der Waals surface area contributed by atoms with E-state index in [0.29, 0.717) is 36.7 Å². The van der Waals surface area contributed by atoms with E-state index >= 15 is 0 Å². The molecule has 86 valence electrons. The van der Waals surface area contributed by atoms with Crippen LogP contribution in [0.5, 0.6) is 0 Å². The van der Waals surface area contributed by atoms with E-state index in [0.717, 1.165) is 0 Å². The van der Waals surface area contributed by atoms with Crippen LogP contribution < -0.4 is 10.9 Å². The van der Waals surface area contributed by atoms with E-state index in [1.54, 1.807) is 0 Å². The minimum Gasteiger partial charge on any atom is -0.380 e. The van der Waals surface area contributed by atoms with Crippen LogP contribution in [0.3, 0.4) is 0 Å². The molecule has 0 fully saturated rings. The highest BCUT2D eigenvalue weighted by Crippen LogP contribution is 2.03. The maximum atomic E-state index is 11.5. The summed E-state index contributed by atoms with van der Waals surface area (Å²) in [6, 6.07) is 0. The van der Waals surface area contributed by atoms with Crippen molar-refractivity contribution in [2.24, 2.45) is 0 Å². The molecule has 0 radical (unpaired) electrons. The van der Waals surface area contributed by atoms with Crippen LogP contribution in [0.2, 0.25) is 0 Å². The fourth-order valence-electron chi connectivity index (χ4n) is 1.32. The number of anilines is 1. The summed E-state index contributed by atoms with van der Waals surface area (Å²) in [7, 11) is 0. The van der Waals surface area contributed by atoms with Crippen molar-refractivity contribution in [2.75, 3.05) is 25.1 Å². The Morgan fingerprint density at radius 2 is 2.44 bits per heavy atom. The normalized spacial score (nSPS) is 10.8. The van der Waals surface area contributed by atoms with Crippen LogP contribution in [0.1, 0.15) is 6.92 Å². The second kappa shape index (κ2) is 4.75. The minimum atomic E-state index is -0.211. The van der Waals surface area contributed by atoms with Crippen molar-refractivity contribution >= 4 is 17.0 Å². The third-order valence-electron chi connectivity index (χ3n) is 2.06. The standard InChI is InChI=1S/C9H13N5O2/c1-2-16-4-3-10-9-12-7-6(5-11-14-7)8(15)13-9/h5H,2-4H2,1H3,(H3,10,11,12,13,14,15). The number of rotatable bonds is 5. The average molecular weight is 223 g/mol. The second-order valence-electron chi connectivity index (χ2n) is 3.17. The molecule has 0 aliphatic carbocycles. The molecule has 3 N–H and O–H groups in total. The Morgan fingerprint density at radius 3 is 3.25 bits per heavy atom. The molecular formula is C9H13N5O2. The zero-order valence-corrected chi connectivity index (χ0v) is 8.91. The molecule has 0 aliphatic heterocycles. The van der Waals surface area contributed by atoms with Gasteiger partial charge in [-0.2, -0.15) is 10.1 Å². The lowest BCUT2D eigenvalue weighted by atomic mass is 10.4. The molecule has 2 rings (SSSR count). The Hall–Kier alpha value is -1.89. The molecular weight excluding hydrogens is 210 g/mol. The van der Waals surface area contributed by atoms with Gasteiger partial charge in [0.15, 0.2) is 5.65 Å². The fraction of sp³-hybridized carbons (Fsp3) is 0.444. The van der Waals surface area contributed by atoms with Crippen LogP contribution >= 0.6 is 0 Å². The first kappa shape index (κ1) is 10.6. The molecule has 2 aromatic rings. The molecule has 7 heteroatoms. The lowest BCUT2D eigenvalue weighted by Crippen LogP contribution is -2.16. The Bertz CT molecular complexity index is 518. The number of H-pyrrole nitrogens is 2. The fourth-order valence-corrected chi connectivity index (χ4v) is 1.32. The van der Waals surface area contributed by atoms with Crippen LogP contribution in [-0.2, 0) is 4.74 Å². The summed E-state index contributed by atoms with van der Waals surface area (Å²) in [6.07, 6.45) is 1.45. The van der Waals surface area contributed by atoms with Gasteiger partial charge in [-0.25, -0.2) is 0 Å². The van der Waals surface area contributed by atoms with E-state index < -0.39 is 0 Å². The van der Waals surface area contributed by atoms with E-state index in [-0.39, 0.29) is 5.56 Å². The highest BCUT2D eigenvalue weighted by atomic mass is 16.5. The van der Waals surface area contributed by atoms with Gasteiger partial charge in [0, 0.05) is 13.2 Å². The molecule has 0 unspecified atom stereocenters. The van der Waals surface area contributed by atoms with E-state index in [4.69, 9.17) is 4.74 Å². The van der Waals surface area contributed by atoms with E-state index in [9.17, 15) is 4.79 Å². The summed E-state index contributed by atoms with van der Waals surface area (Å²) in [4.78, 5) is 18.3. The zero-order chi connectivity index (χ0) is 11.4. The zero-order valence-electron chi connectivity index (χ0n) is 8.91. The van der Waals surface area contributed by atoms with Crippen molar-refractivity contribution in [2.45, 2.75) is 6.92 Å². The van der Waals surface area contributed by atoms with Crippen LogP contribution in [0.15, 0.2) is 11.0 Å². The molecule has 0 aliphatic rings. The van der Waals surface area contributed by atoms with Gasteiger partial charge in [0.05, 0.1) is 12.8 Å². The van der Waals surface area contributed by atoms with Crippen molar-refractivity contribution in [1.29, 1.82) is 0 Å². The first-order valence-electron chi connectivity index (χ1n) is 5.06. The van der Waals surface area contributed by atoms with Gasteiger partial charge < -0.3 is 10.1 Å². The highest BCUT2D eigenvalue weighted by Gasteiger charge is 2.04. The topological polar surface area (TPSA) is 95.7 Å². The summed E-state index contributed by atoms with van der Waals surface area (Å²) >= 11 is 0. The van der Waals surface area contributed by atoms with Gasteiger partial charge in [0.2, 0.25) is 5.95 Å². The summed E-state index contributed by atoms with van der Waals surface area (Å²) < 4.78 is 5.16. The Morgan fingerprint density at radius 1 is 1.56 bits per heavy atom. The lowest BCUT2D eigenvalue weighted by Gasteiger charge is -2.04. The Balaban J connectivity index is 2.10. The Labute approximate surface area is 91.2 Å². The first-order valence-corrected chi connectivity index (χ1v) is 5.06. The van der Waals surface area contributed by atoms with E-state index in [1.807, 2.05) is 6.92 Å². The molecule has 0 saturated carbocycles. The van der Waals surface area contributed by atoms with Gasteiger partial charge >= 0.3 is 0 Å². The van der Waals surface area contributed by atoms with E-state index in [2.05, 4.69) is 25.5 Å². The number of hydrogen-bond donors (Lipinski definition) is 3. The molecule has 0 atom stereocenters. The molecule has 0 bridgehead atoms. The quantitative estimate of drug-likeness (QED) is 0.624. The molecule has 2 heterocycles. The van der Waals surface area contributed by atoms with Gasteiger partial charge in [0.25, 0.3) is 5.56 Å². The van der Waals surface area contributed by atoms with Crippen LogP contribution in [0.25, 0.3) is 11.0 Å². The number of nitrogens with one attached hydrogen (secondary N) is 3. The van der Waals surface area contributed by atoms with Gasteiger partial charge in [-0.05, 0) is 6.92 Å². The van der Waals surface area contributed by atoms with Crippen molar-refractivity contribution in [1.82, 2.24) is 20.2 Å². The van der Waals surface area contributed by atoms with Crippen molar-refractivity contribution in [3.63, 3.8) is 0 Å². The average Bonchev–Trinajstić information content (AvgIpc) is 2.73. The van der Waals surface area contributed by atoms with Crippen molar-refractivity contribution in [3.05, 3.63) is 16.6 Å². The third kappa shape index (κ3) is 2.19. The number of fused-ring (bicyclic) bond motifs is 1. The molecule has 16 heavy (non-hydrogen) atoms. The molecule has 0 amide bonds. The van der Waals surface area contributed by atoms with Crippen LogP contribution in [0, 0.1) is 0 Å². The molecule has 2 aromatic heterocycles. The monoisotopic (exact) mass is 223 g/mol. The minimum absolute atomic E-state index is 0.211. The summed E-state index contributed by atoms with van der Waals surface area (Å²) in [5.41, 5.74) is 0.264. The predicted molar refractivity (Wildman–Crippen MR) is 59.5 cm³/mol. The number of nitrogens with zero attached hydrogens (tertiary/aromatic N) is 2. The summed E-state index contributed by atoms with van der Waals surface area (Å²) in [6.45, 7) is 3.76. The highest BCUT2D eigenvalue weighted by molar-refractivity contribution is 5.73. The molecule has 0 spiro atoms. The van der Waals surface area contributed by atoms with E-state index in [1.165, 1.54) is 6.20 Å². The second-order valence-corrected chi connectivity index (χ2v) is 3.17. The largest absolute Gasteiger partial charge is 0.380 e. The predicted octanol–water partition coefficient (Wildman–Crippen LogP) is 0.0946. The van der Waals surface area contributed by atoms with Gasteiger partial charge in [0.1, 0.15) is 5.39 Å². The summed E-state index contributed by atoms with van der Waals surface area (Å²) in [5, 5.41) is 9.82. The Kier molecular flexibility index (Phi) is 3.16. The lowest BCUT2D eigenvalue weighted by molar-refractivity contribution is 0.158. The van der Waals surface area contributed by atoms with Gasteiger partial charge in [-0.15, -0.1) is 0 Å². The number of hydrogen-bond acceptors (Lipinski definition) is 5. The van der Waals surface area contributed by atoms with Gasteiger partial charge in [-0.1, -0.05) is 0 Å². The number of aromatic amines is 2. The number of ether oxygens (including phenoxy) is 1. The maximum Gasteiger partial charge on any atom is 0.263 e. The summed E-state index contributed by atoms with van der Waals surface area (Å²) in [5.74, 6) is 0.418.